The summed E-state index contributed by atoms with van der Waals surface area (Å²) in [5.41, 5.74) is 2.79. The van der Waals surface area contributed by atoms with Gasteiger partial charge in [0.25, 0.3) is 0 Å². The van der Waals surface area contributed by atoms with Crippen LogP contribution < -0.4 is 5.32 Å². The lowest BCUT2D eigenvalue weighted by atomic mass is 9.92. The molecule has 1 atom stereocenters. The van der Waals surface area contributed by atoms with E-state index in [4.69, 9.17) is 0 Å². The topological polar surface area (TPSA) is 27.8 Å². The van der Waals surface area contributed by atoms with Crippen molar-refractivity contribution in [3.63, 3.8) is 0 Å². The van der Waals surface area contributed by atoms with Crippen LogP contribution in [0.4, 0.5) is 0 Å². The molecule has 0 aliphatic carbocycles. The minimum Gasteiger partial charge on any atom is -0.361 e. The first kappa shape index (κ1) is 12.5. The van der Waals surface area contributed by atoms with Crippen molar-refractivity contribution in [1.82, 2.24) is 10.3 Å². The van der Waals surface area contributed by atoms with Gasteiger partial charge in [-0.2, -0.15) is 0 Å². The Labute approximate surface area is 108 Å². The maximum atomic E-state index is 3.48. The van der Waals surface area contributed by atoms with Gasteiger partial charge < -0.3 is 10.3 Å². The summed E-state index contributed by atoms with van der Waals surface area (Å²) >= 11 is 0. The van der Waals surface area contributed by atoms with Crippen LogP contribution in [-0.4, -0.2) is 18.1 Å². The van der Waals surface area contributed by atoms with Gasteiger partial charge in [-0.15, -0.1) is 12.4 Å². The summed E-state index contributed by atoms with van der Waals surface area (Å²) in [6.07, 6.45) is 6.08. The molecule has 0 spiro atoms. The largest absolute Gasteiger partial charge is 0.361 e. The molecule has 0 radical (unpaired) electrons. The highest BCUT2D eigenvalue weighted by Crippen LogP contribution is 2.31. The van der Waals surface area contributed by atoms with Gasteiger partial charge in [0.2, 0.25) is 0 Å². The van der Waals surface area contributed by atoms with E-state index in [0.717, 1.165) is 12.5 Å². The fourth-order valence-electron chi connectivity index (χ4n) is 2.76. The minimum atomic E-state index is 0. The number of rotatable bonds is 1. The van der Waals surface area contributed by atoms with Gasteiger partial charge in [-0.3, -0.25) is 0 Å². The monoisotopic (exact) mass is 250 g/mol. The van der Waals surface area contributed by atoms with Gasteiger partial charge in [0.1, 0.15) is 0 Å². The lowest BCUT2D eigenvalue weighted by molar-refractivity contribution is 0.613. The predicted molar refractivity (Wildman–Crippen MR) is 75.0 cm³/mol. The summed E-state index contributed by atoms with van der Waals surface area (Å²) in [7, 11) is 0. The first-order valence-electron chi connectivity index (χ1n) is 6.22. The van der Waals surface area contributed by atoms with Gasteiger partial charge in [-0.25, -0.2) is 0 Å². The number of para-hydroxylation sites is 1. The molecule has 1 aromatic carbocycles. The van der Waals surface area contributed by atoms with Crippen LogP contribution in [0.15, 0.2) is 30.5 Å². The molecule has 2 heterocycles. The molecule has 17 heavy (non-hydrogen) atoms. The van der Waals surface area contributed by atoms with E-state index in [2.05, 4.69) is 40.8 Å². The highest BCUT2D eigenvalue weighted by molar-refractivity contribution is 5.85. The maximum absolute atomic E-state index is 3.48. The van der Waals surface area contributed by atoms with Gasteiger partial charge in [-0.1, -0.05) is 18.2 Å². The Morgan fingerprint density at radius 2 is 1.94 bits per heavy atom. The van der Waals surface area contributed by atoms with Crippen LogP contribution >= 0.6 is 12.4 Å². The van der Waals surface area contributed by atoms with Crippen LogP contribution in [0.2, 0.25) is 0 Å². The lowest BCUT2D eigenvalue weighted by Crippen LogP contribution is -2.13. The molecule has 1 saturated heterocycles. The maximum Gasteiger partial charge on any atom is 0.0456 e. The number of aromatic nitrogens is 1. The zero-order valence-corrected chi connectivity index (χ0v) is 10.7. The number of halogens is 1. The molecule has 2 aromatic rings. The minimum absolute atomic E-state index is 0. The molecule has 1 fully saturated rings. The summed E-state index contributed by atoms with van der Waals surface area (Å²) in [5, 5.41) is 4.89. The third-order valence-electron chi connectivity index (χ3n) is 3.64. The molecule has 3 heteroatoms. The lowest BCUT2D eigenvalue weighted by Gasteiger charge is -2.12. The molecule has 1 aromatic heterocycles. The first-order valence-corrected chi connectivity index (χ1v) is 6.22. The van der Waals surface area contributed by atoms with Crippen molar-refractivity contribution in [2.45, 2.75) is 25.2 Å². The third kappa shape index (κ3) is 2.48. The fraction of sp³-hybridized carbons (Fsp3) is 0.429. The molecule has 1 aliphatic heterocycles. The van der Waals surface area contributed by atoms with Crippen LogP contribution in [0.5, 0.6) is 0 Å². The van der Waals surface area contributed by atoms with Crippen LogP contribution in [0.25, 0.3) is 10.9 Å². The van der Waals surface area contributed by atoms with Crippen LogP contribution in [-0.2, 0) is 0 Å². The molecule has 1 unspecified atom stereocenters. The average Bonchev–Trinajstić information content (AvgIpc) is 2.57. The van der Waals surface area contributed by atoms with Crippen LogP contribution in [0.3, 0.4) is 0 Å². The Kier molecular flexibility index (Phi) is 4.08. The van der Waals surface area contributed by atoms with E-state index in [9.17, 15) is 0 Å². The molecular formula is C14H19ClN2. The van der Waals surface area contributed by atoms with E-state index in [1.807, 2.05) is 0 Å². The van der Waals surface area contributed by atoms with E-state index in [0.29, 0.717) is 0 Å². The second kappa shape index (κ2) is 5.56. The van der Waals surface area contributed by atoms with E-state index in [-0.39, 0.29) is 12.4 Å². The quantitative estimate of drug-likeness (QED) is 0.797. The Bertz CT molecular complexity index is 470. The smallest absolute Gasteiger partial charge is 0.0456 e. The Balaban J connectivity index is 0.00000108. The first-order chi connectivity index (χ1) is 7.95. The predicted octanol–water partition coefficient (Wildman–Crippen LogP) is 3.45. The molecule has 0 saturated carbocycles. The summed E-state index contributed by atoms with van der Waals surface area (Å²) in [5.74, 6) is 0.728. The highest BCUT2D eigenvalue weighted by atomic mass is 35.5. The van der Waals surface area contributed by atoms with Gasteiger partial charge >= 0.3 is 0 Å². The van der Waals surface area contributed by atoms with Crippen molar-refractivity contribution in [2.75, 3.05) is 13.1 Å². The average molecular weight is 251 g/mol. The molecule has 3 rings (SSSR count). The van der Waals surface area contributed by atoms with Crippen molar-refractivity contribution < 1.29 is 0 Å². The van der Waals surface area contributed by atoms with Crippen molar-refractivity contribution in [3.05, 3.63) is 36.0 Å². The van der Waals surface area contributed by atoms with E-state index in [1.165, 1.54) is 42.3 Å². The summed E-state index contributed by atoms with van der Waals surface area (Å²) < 4.78 is 0. The molecule has 0 bridgehead atoms. The zero-order valence-electron chi connectivity index (χ0n) is 9.91. The van der Waals surface area contributed by atoms with Gasteiger partial charge in [0.05, 0.1) is 0 Å². The van der Waals surface area contributed by atoms with Crippen molar-refractivity contribution >= 4 is 23.3 Å². The molecule has 1 aliphatic rings. The van der Waals surface area contributed by atoms with Gasteiger partial charge in [0, 0.05) is 17.1 Å². The zero-order chi connectivity index (χ0) is 10.8. The SMILES string of the molecule is Cl.c1ccc2c(C3CCCNCC3)c[nH]c2c1. The Morgan fingerprint density at radius 1 is 1.06 bits per heavy atom. The molecule has 92 valence electrons. The second-order valence-corrected chi connectivity index (χ2v) is 4.67. The van der Waals surface area contributed by atoms with Crippen molar-refractivity contribution in [3.8, 4) is 0 Å². The van der Waals surface area contributed by atoms with Gasteiger partial charge in [-0.05, 0) is 49.9 Å². The molecule has 2 N–H and O–H groups in total. The summed E-state index contributed by atoms with van der Waals surface area (Å²) in [6, 6.07) is 8.62. The van der Waals surface area contributed by atoms with E-state index < -0.39 is 0 Å². The van der Waals surface area contributed by atoms with Gasteiger partial charge in [0.15, 0.2) is 0 Å². The number of aromatic amines is 1. The number of benzene rings is 1. The second-order valence-electron chi connectivity index (χ2n) is 4.67. The number of fused-ring (bicyclic) bond motifs is 1. The fourth-order valence-corrected chi connectivity index (χ4v) is 2.76. The molecular weight excluding hydrogens is 232 g/mol. The van der Waals surface area contributed by atoms with Crippen LogP contribution in [0, 0.1) is 0 Å². The summed E-state index contributed by atoms with van der Waals surface area (Å²) in [4.78, 5) is 3.39. The highest BCUT2D eigenvalue weighted by Gasteiger charge is 2.16. The number of H-pyrrole nitrogens is 1. The van der Waals surface area contributed by atoms with Crippen molar-refractivity contribution in [2.24, 2.45) is 0 Å². The number of nitrogens with one attached hydrogen (secondary N) is 2. The molecule has 2 nitrogen and oxygen atoms in total. The Hall–Kier alpha value is -0.990. The van der Waals surface area contributed by atoms with Crippen LogP contribution in [0.1, 0.15) is 30.7 Å². The molecule has 0 amide bonds. The van der Waals surface area contributed by atoms with E-state index >= 15 is 0 Å². The third-order valence-corrected chi connectivity index (χ3v) is 3.64. The Morgan fingerprint density at radius 3 is 2.88 bits per heavy atom. The van der Waals surface area contributed by atoms with Crippen molar-refractivity contribution in [1.29, 1.82) is 0 Å². The number of hydrogen-bond acceptors (Lipinski definition) is 1. The van der Waals surface area contributed by atoms with E-state index in [1.54, 1.807) is 0 Å². The normalized spacial score (nSPS) is 20.8. The number of hydrogen-bond donors (Lipinski definition) is 2. The standard InChI is InChI=1S/C14H18N2.ClH/c1-2-6-14-12(5-1)13(10-16-14)11-4-3-8-15-9-7-11;/h1-2,5-6,10-11,15-16H,3-4,7-9H2;1H. The summed E-state index contributed by atoms with van der Waals surface area (Å²) in [6.45, 7) is 2.34.